The quantitative estimate of drug-likeness (QED) is 0.312. The summed E-state index contributed by atoms with van der Waals surface area (Å²) in [4.78, 5) is 21.4. The number of hydrogen-bond acceptors (Lipinski definition) is 4. The van der Waals surface area contributed by atoms with E-state index in [2.05, 4.69) is 53.1 Å². The fourth-order valence-electron chi connectivity index (χ4n) is 3.42. The summed E-state index contributed by atoms with van der Waals surface area (Å²) < 4.78 is 5.39. The van der Waals surface area contributed by atoms with Crippen molar-refractivity contribution in [1.82, 2.24) is 20.4 Å². The SMILES string of the molecule is CCN(CC)C1CCN(C(=NC)NCC(NC(=O)OC(C)(C)C)C(C)C)C1.I. The Labute approximate surface area is 189 Å². The van der Waals surface area contributed by atoms with Gasteiger partial charge in [-0.1, -0.05) is 27.7 Å². The summed E-state index contributed by atoms with van der Waals surface area (Å²) in [5.74, 6) is 1.19. The monoisotopic (exact) mass is 511 g/mol. The van der Waals surface area contributed by atoms with Crippen molar-refractivity contribution in [2.75, 3.05) is 39.8 Å². The lowest BCUT2D eigenvalue weighted by atomic mass is 10.0. The average molecular weight is 511 g/mol. The van der Waals surface area contributed by atoms with Gasteiger partial charge in [-0.15, -0.1) is 24.0 Å². The minimum Gasteiger partial charge on any atom is -0.444 e. The van der Waals surface area contributed by atoms with Crippen molar-refractivity contribution in [1.29, 1.82) is 0 Å². The highest BCUT2D eigenvalue weighted by Crippen LogP contribution is 2.15. The van der Waals surface area contributed by atoms with Crippen molar-refractivity contribution in [3.8, 4) is 0 Å². The number of halogens is 1. The molecule has 2 unspecified atom stereocenters. The zero-order chi connectivity index (χ0) is 20.6. The molecule has 2 atom stereocenters. The average Bonchev–Trinajstić information content (AvgIpc) is 3.03. The molecule has 0 aromatic rings. The third-order valence-corrected chi connectivity index (χ3v) is 4.99. The summed E-state index contributed by atoms with van der Waals surface area (Å²) in [5.41, 5.74) is -0.496. The number of hydrogen-bond donors (Lipinski definition) is 2. The van der Waals surface area contributed by atoms with Gasteiger partial charge >= 0.3 is 6.09 Å². The van der Waals surface area contributed by atoms with Crippen molar-refractivity contribution in [3.05, 3.63) is 0 Å². The molecule has 1 rings (SSSR count). The molecule has 166 valence electrons. The number of carbonyl (C=O) groups is 1. The van der Waals surface area contributed by atoms with E-state index in [0.717, 1.165) is 38.6 Å². The number of alkyl carbamates (subject to hydrolysis) is 1. The highest BCUT2D eigenvalue weighted by Gasteiger charge is 2.29. The van der Waals surface area contributed by atoms with Gasteiger partial charge < -0.3 is 20.3 Å². The topological polar surface area (TPSA) is 69.2 Å². The van der Waals surface area contributed by atoms with Gasteiger partial charge in [0, 0.05) is 32.7 Å². The predicted molar refractivity (Wildman–Crippen MR) is 128 cm³/mol. The van der Waals surface area contributed by atoms with Gasteiger partial charge in [0.05, 0.1) is 6.04 Å². The maximum absolute atomic E-state index is 12.1. The van der Waals surface area contributed by atoms with Crippen LogP contribution in [0.15, 0.2) is 4.99 Å². The minimum absolute atomic E-state index is 0. The Kier molecular flexibility index (Phi) is 12.4. The molecule has 1 amide bonds. The van der Waals surface area contributed by atoms with E-state index < -0.39 is 5.60 Å². The van der Waals surface area contributed by atoms with Crippen molar-refractivity contribution in [3.63, 3.8) is 0 Å². The van der Waals surface area contributed by atoms with E-state index in [-0.39, 0.29) is 42.0 Å². The van der Waals surface area contributed by atoms with Crippen LogP contribution in [-0.2, 0) is 4.74 Å². The smallest absolute Gasteiger partial charge is 0.407 e. The molecule has 1 aliphatic rings. The predicted octanol–water partition coefficient (Wildman–Crippen LogP) is 3.15. The lowest BCUT2D eigenvalue weighted by molar-refractivity contribution is 0.0491. The number of likely N-dealkylation sites (N-methyl/N-ethyl adjacent to an activating group) is 1. The molecule has 2 N–H and O–H groups in total. The van der Waals surface area contributed by atoms with E-state index in [1.54, 1.807) is 0 Å². The van der Waals surface area contributed by atoms with E-state index in [0.29, 0.717) is 12.6 Å². The molecule has 1 heterocycles. The highest BCUT2D eigenvalue weighted by atomic mass is 127. The number of nitrogens with one attached hydrogen (secondary N) is 2. The Balaban J connectivity index is 0.00000729. The normalized spacial score (nSPS) is 18.9. The number of guanidine groups is 1. The Hall–Kier alpha value is -0.770. The molecule has 28 heavy (non-hydrogen) atoms. The molecular formula is C20H42IN5O2. The molecule has 0 radical (unpaired) electrons. The second-order valence-electron chi connectivity index (χ2n) is 8.53. The summed E-state index contributed by atoms with van der Waals surface area (Å²) >= 11 is 0. The van der Waals surface area contributed by atoms with Gasteiger partial charge in [-0.05, 0) is 46.2 Å². The van der Waals surface area contributed by atoms with Crippen LogP contribution in [-0.4, -0.2) is 79.3 Å². The van der Waals surface area contributed by atoms with Gasteiger partial charge in [-0.3, -0.25) is 9.89 Å². The fraction of sp³-hybridized carbons (Fsp3) is 0.900. The van der Waals surface area contributed by atoms with E-state index in [1.807, 2.05) is 27.8 Å². The van der Waals surface area contributed by atoms with Crippen LogP contribution in [0, 0.1) is 5.92 Å². The minimum atomic E-state index is -0.496. The number of carbonyl (C=O) groups excluding carboxylic acids is 1. The first-order valence-electron chi connectivity index (χ1n) is 10.3. The van der Waals surface area contributed by atoms with Crippen LogP contribution in [0.1, 0.15) is 54.9 Å². The van der Waals surface area contributed by atoms with E-state index >= 15 is 0 Å². The number of likely N-dealkylation sites (tertiary alicyclic amines) is 1. The summed E-state index contributed by atoms with van der Waals surface area (Å²) in [6.07, 6.45) is 0.785. The Morgan fingerprint density at radius 2 is 1.89 bits per heavy atom. The first-order valence-corrected chi connectivity index (χ1v) is 10.3. The zero-order valence-corrected chi connectivity index (χ0v) is 21.4. The second-order valence-corrected chi connectivity index (χ2v) is 8.53. The maximum Gasteiger partial charge on any atom is 0.407 e. The molecule has 1 aliphatic heterocycles. The third kappa shape index (κ3) is 9.15. The lowest BCUT2D eigenvalue weighted by Gasteiger charge is -2.29. The zero-order valence-electron chi connectivity index (χ0n) is 19.0. The van der Waals surface area contributed by atoms with Crippen LogP contribution < -0.4 is 10.6 Å². The fourth-order valence-corrected chi connectivity index (χ4v) is 3.42. The second kappa shape index (κ2) is 12.7. The lowest BCUT2D eigenvalue weighted by Crippen LogP contribution is -2.51. The van der Waals surface area contributed by atoms with Crippen LogP contribution in [0.25, 0.3) is 0 Å². The van der Waals surface area contributed by atoms with Gasteiger partial charge in [0.25, 0.3) is 0 Å². The Bertz CT molecular complexity index is 489. The Morgan fingerprint density at radius 1 is 1.29 bits per heavy atom. The van der Waals surface area contributed by atoms with Gasteiger partial charge in [0.1, 0.15) is 5.60 Å². The molecule has 1 saturated heterocycles. The van der Waals surface area contributed by atoms with Gasteiger partial charge in [0.15, 0.2) is 5.96 Å². The van der Waals surface area contributed by atoms with Crippen LogP contribution in [0.2, 0.25) is 0 Å². The summed E-state index contributed by atoms with van der Waals surface area (Å²) in [7, 11) is 1.82. The number of ether oxygens (including phenoxy) is 1. The number of rotatable bonds is 7. The van der Waals surface area contributed by atoms with Crippen molar-refractivity contribution in [2.45, 2.75) is 72.6 Å². The number of aliphatic imine (C=N–C) groups is 1. The summed E-state index contributed by atoms with van der Waals surface area (Å²) in [6, 6.07) is 0.553. The molecule has 7 nitrogen and oxygen atoms in total. The third-order valence-electron chi connectivity index (χ3n) is 4.99. The number of amides is 1. The van der Waals surface area contributed by atoms with Crippen molar-refractivity contribution >= 4 is 36.0 Å². The molecule has 0 aliphatic carbocycles. The largest absolute Gasteiger partial charge is 0.444 e. The standard InChI is InChI=1S/C20H41N5O2.HI/c1-9-24(10-2)16-11-12-25(14-16)18(21-8)22-13-17(15(3)4)23-19(26)27-20(5,6)7;/h15-17H,9-14H2,1-8H3,(H,21,22)(H,23,26);1H. The molecule has 0 spiro atoms. The van der Waals surface area contributed by atoms with Gasteiger partial charge in [-0.25, -0.2) is 4.79 Å². The first kappa shape index (κ1) is 27.2. The number of nitrogens with zero attached hydrogens (tertiary/aromatic N) is 3. The van der Waals surface area contributed by atoms with Crippen LogP contribution >= 0.6 is 24.0 Å². The molecular weight excluding hydrogens is 469 g/mol. The van der Waals surface area contributed by atoms with E-state index in [4.69, 9.17) is 4.74 Å². The van der Waals surface area contributed by atoms with Gasteiger partial charge in [0.2, 0.25) is 0 Å². The molecule has 0 saturated carbocycles. The first-order chi connectivity index (χ1) is 12.6. The summed E-state index contributed by atoms with van der Waals surface area (Å²) in [5, 5.41) is 6.43. The van der Waals surface area contributed by atoms with E-state index in [1.165, 1.54) is 0 Å². The van der Waals surface area contributed by atoms with Crippen LogP contribution in [0.4, 0.5) is 4.79 Å². The summed E-state index contributed by atoms with van der Waals surface area (Å²) in [6.45, 7) is 19.0. The van der Waals surface area contributed by atoms with Crippen LogP contribution in [0.3, 0.4) is 0 Å². The molecule has 0 aromatic carbocycles. The molecule has 0 bridgehead atoms. The van der Waals surface area contributed by atoms with Crippen LogP contribution in [0.5, 0.6) is 0 Å². The molecule has 8 heteroatoms. The maximum atomic E-state index is 12.1. The molecule has 1 fully saturated rings. The van der Waals surface area contributed by atoms with Crippen molar-refractivity contribution in [2.24, 2.45) is 10.9 Å². The Morgan fingerprint density at radius 3 is 2.36 bits per heavy atom. The van der Waals surface area contributed by atoms with Crippen molar-refractivity contribution < 1.29 is 9.53 Å². The van der Waals surface area contributed by atoms with Gasteiger partial charge in [-0.2, -0.15) is 0 Å². The molecule has 0 aromatic heterocycles. The highest BCUT2D eigenvalue weighted by molar-refractivity contribution is 14.0. The van der Waals surface area contributed by atoms with E-state index in [9.17, 15) is 4.79 Å².